The highest BCUT2D eigenvalue weighted by molar-refractivity contribution is 5.77. The molecule has 0 spiro atoms. The highest BCUT2D eigenvalue weighted by Gasteiger charge is 2.20. The van der Waals surface area contributed by atoms with Crippen molar-refractivity contribution in [3.8, 4) is 0 Å². The quantitative estimate of drug-likeness (QED) is 0.713. The molecule has 1 saturated carbocycles. The van der Waals surface area contributed by atoms with Gasteiger partial charge in [0.05, 0.1) is 6.54 Å². The highest BCUT2D eigenvalue weighted by atomic mass is 16.2. The summed E-state index contributed by atoms with van der Waals surface area (Å²) in [7, 11) is 3.56. The first-order valence-electron chi connectivity index (χ1n) is 5.11. The zero-order valence-corrected chi connectivity index (χ0v) is 9.26. The van der Waals surface area contributed by atoms with Crippen LogP contribution < -0.4 is 5.32 Å². The van der Waals surface area contributed by atoms with Crippen molar-refractivity contribution >= 4 is 5.91 Å². The van der Waals surface area contributed by atoms with Gasteiger partial charge in [-0.3, -0.25) is 4.79 Å². The lowest BCUT2D eigenvalue weighted by Gasteiger charge is -2.10. The number of hydrogen-bond acceptors (Lipinski definition) is 2. The Hall–Kier alpha value is -0.570. The summed E-state index contributed by atoms with van der Waals surface area (Å²) in [4.78, 5) is 12.6. The van der Waals surface area contributed by atoms with Crippen LogP contribution in [0.1, 0.15) is 26.7 Å². The molecule has 0 unspecified atom stereocenters. The Bertz CT molecular complexity index is 142. The number of amides is 1. The number of carbonyl (C=O) groups is 1. The number of nitrogens with zero attached hydrogens (tertiary/aromatic N) is 1. The lowest BCUT2D eigenvalue weighted by Crippen LogP contribution is -2.33. The van der Waals surface area contributed by atoms with E-state index < -0.39 is 0 Å². The van der Waals surface area contributed by atoms with Crippen molar-refractivity contribution in [2.45, 2.75) is 26.7 Å². The first-order valence-corrected chi connectivity index (χ1v) is 5.11. The van der Waals surface area contributed by atoms with Crippen LogP contribution in [0.2, 0.25) is 0 Å². The molecule has 3 nitrogen and oxygen atoms in total. The zero-order valence-electron chi connectivity index (χ0n) is 9.26. The average molecular weight is 186 g/mol. The SMILES string of the molecule is CC.CN(C)C(=O)CNCC1CC1. The predicted molar refractivity (Wildman–Crippen MR) is 55.6 cm³/mol. The monoisotopic (exact) mass is 186 g/mol. The van der Waals surface area contributed by atoms with E-state index in [9.17, 15) is 4.79 Å². The Morgan fingerprint density at radius 3 is 2.31 bits per heavy atom. The maximum Gasteiger partial charge on any atom is 0.236 e. The lowest BCUT2D eigenvalue weighted by atomic mass is 10.4. The minimum atomic E-state index is 0.158. The Balaban J connectivity index is 0.000000671. The number of nitrogens with one attached hydrogen (secondary N) is 1. The summed E-state index contributed by atoms with van der Waals surface area (Å²) in [6, 6.07) is 0. The molecule has 0 aromatic rings. The molecular weight excluding hydrogens is 164 g/mol. The van der Waals surface area contributed by atoms with Gasteiger partial charge in [-0.2, -0.15) is 0 Å². The third kappa shape index (κ3) is 6.58. The predicted octanol–water partition coefficient (Wildman–Crippen LogP) is 1.10. The fourth-order valence-electron chi connectivity index (χ4n) is 0.863. The molecule has 78 valence electrons. The minimum Gasteiger partial charge on any atom is -0.348 e. The van der Waals surface area contributed by atoms with E-state index in [0.29, 0.717) is 6.54 Å². The van der Waals surface area contributed by atoms with Gasteiger partial charge in [0.1, 0.15) is 0 Å². The fraction of sp³-hybridized carbons (Fsp3) is 0.900. The first-order chi connectivity index (χ1) is 6.20. The van der Waals surface area contributed by atoms with Gasteiger partial charge in [0.25, 0.3) is 0 Å². The summed E-state index contributed by atoms with van der Waals surface area (Å²) < 4.78 is 0. The molecule has 0 aromatic heterocycles. The maximum absolute atomic E-state index is 11.0. The van der Waals surface area contributed by atoms with Crippen LogP contribution in [-0.4, -0.2) is 38.0 Å². The van der Waals surface area contributed by atoms with Crippen molar-refractivity contribution in [2.24, 2.45) is 5.92 Å². The topological polar surface area (TPSA) is 32.3 Å². The van der Waals surface area contributed by atoms with Crippen LogP contribution >= 0.6 is 0 Å². The molecule has 0 aromatic carbocycles. The fourth-order valence-corrected chi connectivity index (χ4v) is 0.863. The molecule has 0 atom stereocenters. The average Bonchev–Trinajstić information content (AvgIpc) is 2.91. The van der Waals surface area contributed by atoms with Crippen molar-refractivity contribution in [1.29, 1.82) is 0 Å². The third-order valence-corrected chi connectivity index (χ3v) is 1.90. The van der Waals surface area contributed by atoms with Gasteiger partial charge < -0.3 is 10.2 Å². The molecule has 0 heterocycles. The Labute approximate surface area is 81.5 Å². The van der Waals surface area contributed by atoms with Gasteiger partial charge in [-0.05, 0) is 25.3 Å². The second kappa shape index (κ2) is 6.89. The summed E-state index contributed by atoms with van der Waals surface area (Å²) in [5.41, 5.74) is 0. The van der Waals surface area contributed by atoms with E-state index in [0.717, 1.165) is 12.5 Å². The van der Waals surface area contributed by atoms with Gasteiger partial charge in [0, 0.05) is 14.1 Å². The molecule has 0 bridgehead atoms. The molecule has 1 aliphatic carbocycles. The van der Waals surface area contributed by atoms with Gasteiger partial charge in [0.2, 0.25) is 5.91 Å². The first kappa shape index (κ1) is 12.4. The summed E-state index contributed by atoms with van der Waals surface area (Å²) in [5, 5.41) is 3.14. The van der Waals surface area contributed by atoms with E-state index in [1.807, 2.05) is 13.8 Å². The van der Waals surface area contributed by atoms with Crippen molar-refractivity contribution in [2.75, 3.05) is 27.2 Å². The van der Waals surface area contributed by atoms with Crippen LogP contribution in [0, 0.1) is 5.92 Å². The summed E-state index contributed by atoms with van der Waals surface area (Å²) >= 11 is 0. The molecule has 1 aliphatic rings. The minimum absolute atomic E-state index is 0.158. The van der Waals surface area contributed by atoms with Gasteiger partial charge in [-0.15, -0.1) is 0 Å². The summed E-state index contributed by atoms with van der Waals surface area (Å²) in [6.45, 7) is 5.50. The molecule has 3 heteroatoms. The van der Waals surface area contributed by atoms with Gasteiger partial charge in [-0.1, -0.05) is 13.8 Å². The van der Waals surface area contributed by atoms with Crippen LogP contribution in [0.15, 0.2) is 0 Å². The Morgan fingerprint density at radius 2 is 1.92 bits per heavy atom. The Morgan fingerprint density at radius 1 is 1.38 bits per heavy atom. The summed E-state index contributed by atoms with van der Waals surface area (Å²) in [5.74, 6) is 1.01. The van der Waals surface area contributed by atoms with E-state index in [-0.39, 0.29) is 5.91 Å². The van der Waals surface area contributed by atoms with Gasteiger partial charge in [-0.25, -0.2) is 0 Å². The zero-order chi connectivity index (χ0) is 10.3. The number of likely N-dealkylation sites (N-methyl/N-ethyl adjacent to an activating group) is 1. The normalized spacial score (nSPS) is 14.5. The van der Waals surface area contributed by atoms with Gasteiger partial charge in [0.15, 0.2) is 0 Å². The van der Waals surface area contributed by atoms with E-state index in [4.69, 9.17) is 0 Å². The molecular formula is C10H22N2O. The van der Waals surface area contributed by atoms with E-state index in [1.54, 1.807) is 19.0 Å². The molecule has 1 N–H and O–H groups in total. The van der Waals surface area contributed by atoms with Gasteiger partial charge >= 0.3 is 0 Å². The van der Waals surface area contributed by atoms with Crippen LogP contribution in [-0.2, 0) is 4.79 Å². The number of carbonyl (C=O) groups excluding carboxylic acids is 1. The van der Waals surface area contributed by atoms with Crippen molar-refractivity contribution in [3.63, 3.8) is 0 Å². The largest absolute Gasteiger partial charge is 0.348 e. The van der Waals surface area contributed by atoms with E-state index >= 15 is 0 Å². The number of hydrogen-bond donors (Lipinski definition) is 1. The maximum atomic E-state index is 11.0. The van der Waals surface area contributed by atoms with E-state index in [1.165, 1.54) is 12.8 Å². The van der Waals surface area contributed by atoms with Crippen LogP contribution in [0.25, 0.3) is 0 Å². The highest BCUT2D eigenvalue weighted by Crippen LogP contribution is 2.27. The Kier molecular flexibility index (Phi) is 6.59. The van der Waals surface area contributed by atoms with Crippen LogP contribution in [0.3, 0.4) is 0 Å². The summed E-state index contributed by atoms with van der Waals surface area (Å²) in [6.07, 6.45) is 2.67. The molecule has 1 fully saturated rings. The van der Waals surface area contributed by atoms with Crippen molar-refractivity contribution < 1.29 is 4.79 Å². The van der Waals surface area contributed by atoms with Crippen molar-refractivity contribution in [3.05, 3.63) is 0 Å². The van der Waals surface area contributed by atoms with Crippen molar-refractivity contribution in [1.82, 2.24) is 10.2 Å². The molecule has 13 heavy (non-hydrogen) atoms. The molecule has 0 saturated heterocycles. The standard InChI is InChI=1S/C8H16N2O.C2H6/c1-10(2)8(11)6-9-5-7-3-4-7;1-2/h7,9H,3-6H2,1-2H3;1-2H3. The molecule has 1 rings (SSSR count). The molecule has 0 radical (unpaired) electrons. The second-order valence-corrected chi connectivity index (χ2v) is 3.36. The molecule has 1 amide bonds. The van der Waals surface area contributed by atoms with E-state index in [2.05, 4.69) is 5.32 Å². The second-order valence-electron chi connectivity index (χ2n) is 3.36. The smallest absolute Gasteiger partial charge is 0.236 e. The molecule has 0 aliphatic heterocycles. The number of rotatable bonds is 4. The van der Waals surface area contributed by atoms with Crippen LogP contribution in [0.5, 0.6) is 0 Å². The van der Waals surface area contributed by atoms with Crippen LogP contribution in [0.4, 0.5) is 0 Å². The lowest BCUT2D eigenvalue weighted by molar-refractivity contribution is -0.127. The third-order valence-electron chi connectivity index (χ3n) is 1.90.